The van der Waals surface area contributed by atoms with Crippen LogP contribution < -0.4 is 9.47 Å². The second-order valence-corrected chi connectivity index (χ2v) is 5.29. The molecule has 0 aromatic heterocycles. The summed E-state index contributed by atoms with van der Waals surface area (Å²) in [6.07, 6.45) is 3.90. The van der Waals surface area contributed by atoms with Gasteiger partial charge in [-0.05, 0) is 43.4 Å². The van der Waals surface area contributed by atoms with Crippen molar-refractivity contribution >= 4 is 5.91 Å². The number of aryl methyl sites for hydroxylation is 1. The molecule has 5 nitrogen and oxygen atoms in total. The predicted molar refractivity (Wildman–Crippen MR) is 79.5 cm³/mol. The first-order valence-corrected chi connectivity index (χ1v) is 7.44. The van der Waals surface area contributed by atoms with Crippen LogP contribution in [0.5, 0.6) is 11.5 Å². The lowest BCUT2D eigenvalue weighted by atomic mass is 10.1. The molecule has 0 radical (unpaired) electrons. The molecular formula is C16H23NO4. The van der Waals surface area contributed by atoms with Gasteiger partial charge in [0.05, 0.1) is 0 Å². The number of benzene rings is 1. The fourth-order valence-corrected chi connectivity index (χ4v) is 2.30. The third-order valence-corrected chi connectivity index (χ3v) is 3.64. The summed E-state index contributed by atoms with van der Waals surface area (Å²) >= 11 is 0. The first-order chi connectivity index (χ1) is 10.2. The summed E-state index contributed by atoms with van der Waals surface area (Å²) in [7, 11) is 1.83. The molecule has 0 aliphatic carbocycles. The van der Waals surface area contributed by atoms with Crippen LogP contribution in [-0.4, -0.2) is 42.9 Å². The lowest BCUT2D eigenvalue weighted by Crippen LogP contribution is -2.27. The van der Waals surface area contributed by atoms with Crippen LogP contribution in [0.3, 0.4) is 0 Å². The summed E-state index contributed by atoms with van der Waals surface area (Å²) in [5.41, 5.74) is 1.08. The molecule has 5 heteroatoms. The molecular weight excluding hydrogens is 270 g/mol. The number of carbonyl (C=O) groups is 1. The summed E-state index contributed by atoms with van der Waals surface area (Å²) in [6.45, 7) is 1.25. The average Bonchev–Trinajstić information content (AvgIpc) is 2.96. The molecule has 21 heavy (non-hydrogen) atoms. The fraction of sp³-hybridized carbons (Fsp3) is 0.562. The normalized spacial score (nSPS) is 12.5. The molecule has 1 N–H and O–H groups in total. The van der Waals surface area contributed by atoms with Crippen LogP contribution in [0.4, 0.5) is 0 Å². The number of amides is 1. The number of carbonyl (C=O) groups excluding carboxylic acids is 1. The zero-order chi connectivity index (χ0) is 15.1. The average molecular weight is 293 g/mol. The summed E-state index contributed by atoms with van der Waals surface area (Å²) in [5.74, 6) is 1.68. The molecule has 0 unspecified atom stereocenters. The lowest BCUT2D eigenvalue weighted by Gasteiger charge is -2.17. The van der Waals surface area contributed by atoms with Crippen molar-refractivity contribution in [1.82, 2.24) is 4.90 Å². The summed E-state index contributed by atoms with van der Waals surface area (Å²) < 4.78 is 10.6. The molecule has 0 bridgehead atoms. The molecule has 2 rings (SSSR count). The second kappa shape index (κ2) is 7.88. The molecule has 1 aliphatic heterocycles. The van der Waals surface area contributed by atoms with Gasteiger partial charge < -0.3 is 19.5 Å². The van der Waals surface area contributed by atoms with Gasteiger partial charge in [0, 0.05) is 26.6 Å². The highest BCUT2D eigenvalue weighted by molar-refractivity contribution is 5.76. The Kier molecular flexibility index (Phi) is 5.87. The van der Waals surface area contributed by atoms with Gasteiger partial charge >= 0.3 is 0 Å². The third-order valence-electron chi connectivity index (χ3n) is 3.64. The molecule has 1 aromatic carbocycles. The van der Waals surface area contributed by atoms with Crippen LogP contribution in [0.25, 0.3) is 0 Å². The van der Waals surface area contributed by atoms with Gasteiger partial charge in [-0.3, -0.25) is 4.79 Å². The van der Waals surface area contributed by atoms with E-state index in [1.807, 2.05) is 25.2 Å². The number of ether oxygens (including phenoxy) is 2. The van der Waals surface area contributed by atoms with Crippen molar-refractivity contribution in [3.05, 3.63) is 23.8 Å². The molecule has 1 aliphatic rings. The van der Waals surface area contributed by atoms with E-state index < -0.39 is 0 Å². The SMILES string of the molecule is CN(CCCCCO)C(=O)CCc1ccc2c(c1)OCO2. The molecule has 0 spiro atoms. The zero-order valence-electron chi connectivity index (χ0n) is 12.5. The van der Waals surface area contributed by atoms with Crippen molar-refractivity contribution in [3.8, 4) is 11.5 Å². The van der Waals surface area contributed by atoms with Gasteiger partial charge in [-0.2, -0.15) is 0 Å². The van der Waals surface area contributed by atoms with E-state index in [1.165, 1.54) is 0 Å². The van der Waals surface area contributed by atoms with E-state index in [0.29, 0.717) is 12.8 Å². The van der Waals surface area contributed by atoms with E-state index in [2.05, 4.69) is 0 Å². The summed E-state index contributed by atoms with van der Waals surface area (Å²) in [6, 6.07) is 5.81. The van der Waals surface area contributed by atoms with Crippen LogP contribution in [0.1, 0.15) is 31.2 Å². The van der Waals surface area contributed by atoms with E-state index in [0.717, 1.165) is 42.9 Å². The minimum atomic E-state index is 0.150. The van der Waals surface area contributed by atoms with Crippen molar-refractivity contribution in [3.63, 3.8) is 0 Å². The van der Waals surface area contributed by atoms with Gasteiger partial charge in [-0.15, -0.1) is 0 Å². The standard InChI is InChI=1S/C16H23NO4/c1-17(9-3-2-4-10-18)16(19)8-6-13-5-7-14-15(11-13)21-12-20-14/h5,7,11,18H,2-4,6,8-10,12H2,1H3. The van der Waals surface area contributed by atoms with E-state index in [-0.39, 0.29) is 19.3 Å². The third kappa shape index (κ3) is 4.63. The smallest absolute Gasteiger partial charge is 0.231 e. The highest BCUT2D eigenvalue weighted by Gasteiger charge is 2.14. The highest BCUT2D eigenvalue weighted by atomic mass is 16.7. The van der Waals surface area contributed by atoms with Crippen molar-refractivity contribution in [2.24, 2.45) is 0 Å². The minimum absolute atomic E-state index is 0.150. The van der Waals surface area contributed by atoms with Crippen molar-refractivity contribution in [2.45, 2.75) is 32.1 Å². The molecule has 0 saturated heterocycles. The van der Waals surface area contributed by atoms with E-state index in [1.54, 1.807) is 4.90 Å². The maximum absolute atomic E-state index is 12.0. The Morgan fingerprint density at radius 1 is 1.24 bits per heavy atom. The maximum atomic E-state index is 12.0. The molecule has 1 amide bonds. The number of nitrogens with zero attached hydrogens (tertiary/aromatic N) is 1. The Morgan fingerprint density at radius 2 is 2.05 bits per heavy atom. The second-order valence-electron chi connectivity index (χ2n) is 5.29. The Balaban J connectivity index is 1.73. The van der Waals surface area contributed by atoms with Crippen LogP contribution >= 0.6 is 0 Å². The minimum Gasteiger partial charge on any atom is -0.454 e. The van der Waals surface area contributed by atoms with Gasteiger partial charge in [0.1, 0.15) is 0 Å². The summed E-state index contributed by atoms with van der Waals surface area (Å²) in [5, 5.41) is 8.72. The van der Waals surface area contributed by atoms with Gasteiger partial charge in [-0.1, -0.05) is 6.07 Å². The topological polar surface area (TPSA) is 59.0 Å². The van der Waals surface area contributed by atoms with Gasteiger partial charge in [0.2, 0.25) is 12.7 Å². The largest absolute Gasteiger partial charge is 0.454 e. The molecule has 116 valence electrons. The van der Waals surface area contributed by atoms with Crippen molar-refractivity contribution in [1.29, 1.82) is 0 Å². The number of hydrogen-bond donors (Lipinski definition) is 1. The van der Waals surface area contributed by atoms with E-state index in [4.69, 9.17) is 14.6 Å². The van der Waals surface area contributed by atoms with Crippen molar-refractivity contribution < 1.29 is 19.4 Å². The quantitative estimate of drug-likeness (QED) is 0.745. The van der Waals surface area contributed by atoms with Gasteiger partial charge in [0.15, 0.2) is 11.5 Å². The first-order valence-electron chi connectivity index (χ1n) is 7.44. The monoisotopic (exact) mass is 293 g/mol. The van der Waals surface area contributed by atoms with Crippen LogP contribution in [0.2, 0.25) is 0 Å². The van der Waals surface area contributed by atoms with E-state index in [9.17, 15) is 4.79 Å². The Bertz CT molecular complexity index is 475. The van der Waals surface area contributed by atoms with E-state index >= 15 is 0 Å². The molecule has 1 heterocycles. The Morgan fingerprint density at radius 3 is 2.86 bits per heavy atom. The predicted octanol–water partition coefficient (Wildman–Crippen LogP) is 1.97. The Hall–Kier alpha value is -1.75. The van der Waals surface area contributed by atoms with Crippen LogP contribution in [0, 0.1) is 0 Å². The fourth-order valence-electron chi connectivity index (χ4n) is 2.30. The van der Waals surface area contributed by atoms with Gasteiger partial charge in [0.25, 0.3) is 0 Å². The number of fused-ring (bicyclic) bond motifs is 1. The first kappa shape index (κ1) is 15.6. The number of hydrogen-bond acceptors (Lipinski definition) is 4. The molecule has 0 atom stereocenters. The molecule has 1 aromatic rings. The number of aliphatic hydroxyl groups is 1. The van der Waals surface area contributed by atoms with Crippen LogP contribution in [0.15, 0.2) is 18.2 Å². The maximum Gasteiger partial charge on any atom is 0.231 e. The molecule has 0 saturated carbocycles. The van der Waals surface area contributed by atoms with Crippen LogP contribution in [-0.2, 0) is 11.2 Å². The Labute approximate surface area is 125 Å². The number of unbranched alkanes of at least 4 members (excludes halogenated alkanes) is 2. The number of rotatable bonds is 8. The lowest BCUT2D eigenvalue weighted by molar-refractivity contribution is -0.129. The van der Waals surface area contributed by atoms with Crippen molar-refractivity contribution in [2.75, 3.05) is 27.0 Å². The highest BCUT2D eigenvalue weighted by Crippen LogP contribution is 2.32. The molecule has 0 fully saturated rings. The number of aliphatic hydroxyl groups excluding tert-OH is 1. The summed E-state index contributed by atoms with van der Waals surface area (Å²) in [4.78, 5) is 13.8. The van der Waals surface area contributed by atoms with Gasteiger partial charge in [-0.25, -0.2) is 0 Å². The zero-order valence-corrected chi connectivity index (χ0v) is 12.5.